The summed E-state index contributed by atoms with van der Waals surface area (Å²) in [5.41, 5.74) is 1.07. The molecule has 0 spiro atoms. The highest BCUT2D eigenvalue weighted by molar-refractivity contribution is 7.80. The van der Waals surface area contributed by atoms with E-state index in [0.717, 1.165) is 5.56 Å². The van der Waals surface area contributed by atoms with Crippen molar-refractivity contribution >= 4 is 18.6 Å². The first-order chi connectivity index (χ1) is 6.74. The largest absolute Gasteiger partial charge is 0.481 e. The van der Waals surface area contributed by atoms with Gasteiger partial charge in [0, 0.05) is 0 Å². The van der Waals surface area contributed by atoms with Crippen molar-refractivity contribution in [2.45, 2.75) is 12.8 Å². The summed E-state index contributed by atoms with van der Waals surface area (Å²) < 4.78 is 0. The Balaban J connectivity index is 2.60. The first-order valence-electron chi connectivity index (χ1n) is 4.61. The smallest absolute Gasteiger partial charge is 0.306 e. The van der Waals surface area contributed by atoms with Crippen LogP contribution in [-0.4, -0.2) is 16.8 Å². The zero-order valence-corrected chi connectivity index (χ0v) is 8.78. The molecule has 2 nitrogen and oxygen atoms in total. The van der Waals surface area contributed by atoms with Gasteiger partial charge in [-0.05, 0) is 24.2 Å². The summed E-state index contributed by atoms with van der Waals surface area (Å²) in [7, 11) is 0. The van der Waals surface area contributed by atoms with E-state index in [1.165, 1.54) is 0 Å². The number of hydrogen-bond acceptors (Lipinski definition) is 2. The number of thiol groups is 1. The molecule has 1 N–H and O–H groups in total. The van der Waals surface area contributed by atoms with Crippen molar-refractivity contribution in [1.82, 2.24) is 0 Å². The lowest BCUT2D eigenvalue weighted by molar-refractivity contribution is -0.141. The third-order valence-electron chi connectivity index (χ3n) is 2.15. The molecule has 1 atom stereocenters. The summed E-state index contributed by atoms with van der Waals surface area (Å²) in [5.74, 6) is -0.429. The van der Waals surface area contributed by atoms with Crippen molar-refractivity contribution in [1.29, 1.82) is 0 Å². The van der Waals surface area contributed by atoms with Crippen LogP contribution in [0, 0.1) is 5.92 Å². The summed E-state index contributed by atoms with van der Waals surface area (Å²) in [6.07, 6.45) is 1.21. The number of hydrogen-bond donors (Lipinski definition) is 2. The Morgan fingerprint density at radius 3 is 2.50 bits per heavy atom. The predicted molar refractivity (Wildman–Crippen MR) is 59.7 cm³/mol. The minimum absolute atomic E-state index is 0.310. The summed E-state index contributed by atoms with van der Waals surface area (Å²) in [6.45, 7) is 0. The Morgan fingerprint density at radius 1 is 1.36 bits per heavy atom. The van der Waals surface area contributed by atoms with Crippen LogP contribution in [0.1, 0.15) is 12.0 Å². The molecule has 1 aromatic carbocycles. The van der Waals surface area contributed by atoms with E-state index in [2.05, 4.69) is 12.6 Å². The number of aliphatic carboxylic acids is 1. The molecule has 0 bridgehead atoms. The predicted octanol–water partition coefficient (Wildman–Crippen LogP) is 2.25. The molecule has 3 heteroatoms. The van der Waals surface area contributed by atoms with Gasteiger partial charge in [0.2, 0.25) is 0 Å². The minimum Gasteiger partial charge on any atom is -0.481 e. The first kappa shape index (κ1) is 11.1. The van der Waals surface area contributed by atoms with Gasteiger partial charge in [-0.2, -0.15) is 12.6 Å². The molecule has 1 unspecified atom stereocenters. The van der Waals surface area contributed by atoms with Gasteiger partial charge in [0.15, 0.2) is 0 Å². The monoisotopic (exact) mass is 210 g/mol. The molecule has 1 rings (SSSR count). The van der Waals surface area contributed by atoms with Crippen molar-refractivity contribution in [3.05, 3.63) is 35.9 Å². The van der Waals surface area contributed by atoms with E-state index < -0.39 is 5.97 Å². The molecule has 0 aliphatic rings. The van der Waals surface area contributed by atoms with Gasteiger partial charge in [0.1, 0.15) is 0 Å². The summed E-state index contributed by atoms with van der Waals surface area (Å²) in [6, 6.07) is 9.69. The van der Waals surface area contributed by atoms with Crippen LogP contribution in [0.5, 0.6) is 0 Å². The van der Waals surface area contributed by atoms with Crippen LogP contribution in [0.15, 0.2) is 30.3 Å². The van der Waals surface area contributed by atoms with Crippen molar-refractivity contribution in [2.75, 3.05) is 5.75 Å². The van der Waals surface area contributed by atoms with E-state index in [0.29, 0.717) is 18.6 Å². The number of carbonyl (C=O) groups is 1. The zero-order valence-electron chi connectivity index (χ0n) is 7.89. The van der Waals surface area contributed by atoms with E-state index in [1.54, 1.807) is 0 Å². The van der Waals surface area contributed by atoms with Crippen molar-refractivity contribution in [2.24, 2.45) is 5.92 Å². The fraction of sp³-hybridized carbons (Fsp3) is 0.364. The number of carboxylic acid groups (broad SMARTS) is 1. The Kier molecular flexibility index (Phi) is 4.53. The maximum atomic E-state index is 10.9. The molecule has 14 heavy (non-hydrogen) atoms. The second-order valence-corrected chi connectivity index (χ2v) is 3.68. The molecule has 0 saturated carbocycles. The molecule has 0 aromatic heterocycles. The van der Waals surface area contributed by atoms with Crippen molar-refractivity contribution < 1.29 is 9.90 Å². The molecule has 0 aliphatic heterocycles. The van der Waals surface area contributed by atoms with E-state index in [9.17, 15) is 4.79 Å². The minimum atomic E-state index is -0.733. The summed E-state index contributed by atoms with van der Waals surface area (Å²) >= 11 is 4.06. The highest BCUT2D eigenvalue weighted by Gasteiger charge is 2.16. The Morgan fingerprint density at radius 2 is 2.00 bits per heavy atom. The maximum Gasteiger partial charge on any atom is 0.306 e. The topological polar surface area (TPSA) is 37.3 Å². The SMILES string of the molecule is O=C(O)C(CCS)Cc1ccccc1. The van der Waals surface area contributed by atoms with Crippen molar-refractivity contribution in [3.8, 4) is 0 Å². The molecule has 0 amide bonds. The lowest BCUT2D eigenvalue weighted by atomic mass is 9.97. The number of benzene rings is 1. The Bertz CT molecular complexity index is 285. The summed E-state index contributed by atoms with van der Waals surface area (Å²) in [5, 5.41) is 8.93. The average molecular weight is 210 g/mol. The van der Waals surface area contributed by atoms with Crippen LogP contribution in [0.2, 0.25) is 0 Å². The third-order valence-corrected chi connectivity index (χ3v) is 2.41. The van der Waals surface area contributed by atoms with Gasteiger partial charge in [-0.1, -0.05) is 30.3 Å². The lowest BCUT2D eigenvalue weighted by Crippen LogP contribution is -2.16. The van der Waals surface area contributed by atoms with Gasteiger partial charge in [-0.25, -0.2) is 0 Å². The van der Waals surface area contributed by atoms with Crippen LogP contribution < -0.4 is 0 Å². The van der Waals surface area contributed by atoms with E-state index in [1.807, 2.05) is 30.3 Å². The molecule has 0 saturated heterocycles. The standard InChI is InChI=1S/C11H14O2S/c12-11(13)10(6-7-14)8-9-4-2-1-3-5-9/h1-5,10,14H,6-8H2,(H,12,13). The molecule has 1 aromatic rings. The Labute approximate surface area is 89.4 Å². The fourth-order valence-electron chi connectivity index (χ4n) is 1.37. The molecular weight excluding hydrogens is 196 g/mol. The second-order valence-electron chi connectivity index (χ2n) is 3.24. The van der Waals surface area contributed by atoms with Crippen LogP contribution in [0.3, 0.4) is 0 Å². The Hall–Kier alpha value is -0.960. The second kappa shape index (κ2) is 5.70. The van der Waals surface area contributed by atoms with E-state index in [-0.39, 0.29) is 5.92 Å². The van der Waals surface area contributed by atoms with Gasteiger partial charge in [-0.3, -0.25) is 4.79 Å². The van der Waals surface area contributed by atoms with E-state index in [4.69, 9.17) is 5.11 Å². The van der Waals surface area contributed by atoms with Crippen molar-refractivity contribution in [3.63, 3.8) is 0 Å². The van der Waals surface area contributed by atoms with Gasteiger partial charge >= 0.3 is 5.97 Å². The zero-order chi connectivity index (χ0) is 10.4. The number of rotatable bonds is 5. The quantitative estimate of drug-likeness (QED) is 0.731. The van der Waals surface area contributed by atoms with Gasteiger partial charge in [0.25, 0.3) is 0 Å². The lowest BCUT2D eigenvalue weighted by Gasteiger charge is -2.10. The molecule has 0 radical (unpaired) electrons. The van der Waals surface area contributed by atoms with Gasteiger partial charge in [0.05, 0.1) is 5.92 Å². The van der Waals surface area contributed by atoms with E-state index >= 15 is 0 Å². The van der Waals surface area contributed by atoms with Crippen LogP contribution in [0.25, 0.3) is 0 Å². The van der Waals surface area contributed by atoms with Gasteiger partial charge in [-0.15, -0.1) is 0 Å². The molecule has 0 fully saturated rings. The normalized spacial score (nSPS) is 12.4. The first-order valence-corrected chi connectivity index (χ1v) is 5.25. The highest BCUT2D eigenvalue weighted by Crippen LogP contribution is 2.13. The fourth-order valence-corrected chi connectivity index (χ4v) is 1.68. The van der Waals surface area contributed by atoms with Gasteiger partial charge < -0.3 is 5.11 Å². The van der Waals surface area contributed by atoms with Crippen LogP contribution in [0.4, 0.5) is 0 Å². The third kappa shape index (κ3) is 3.42. The maximum absolute atomic E-state index is 10.9. The average Bonchev–Trinajstić information content (AvgIpc) is 2.18. The van der Waals surface area contributed by atoms with Crippen LogP contribution in [-0.2, 0) is 11.2 Å². The van der Waals surface area contributed by atoms with Crippen LogP contribution >= 0.6 is 12.6 Å². The molecular formula is C11H14O2S. The molecule has 76 valence electrons. The highest BCUT2D eigenvalue weighted by atomic mass is 32.1. The number of carboxylic acids is 1. The molecule has 0 aliphatic carbocycles. The summed E-state index contributed by atoms with van der Waals surface area (Å²) in [4.78, 5) is 10.9. The molecule has 0 heterocycles.